The number of nitrogens with zero attached hydrogens (tertiary/aromatic N) is 4. The Labute approximate surface area is 191 Å². The predicted molar refractivity (Wildman–Crippen MR) is 116 cm³/mol. The van der Waals surface area contributed by atoms with E-state index in [0.717, 1.165) is 51.9 Å². The number of benzene rings is 1. The summed E-state index contributed by atoms with van der Waals surface area (Å²) in [5.41, 5.74) is 0.574. The van der Waals surface area contributed by atoms with Gasteiger partial charge in [-0.2, -0.15) is 13.8 Å². The molecular weight excluding hydrogens is 434 g/mol. The van der Waals surface area contributed by atoms with E-state index >= 15 is 0 Å². The van der Waals surface area contributed by atoms with Gasteiger partial charge in [0.2, 0.25) is 17.6 Å². The van der Waals surface area contributed by atoms with Gasteiger partial charge in [-0.3, -0.25) is 9.69 Å². The van der Waals surface area contributed by atoms with Crippen molar-refractivity contribution in [3.63, 3.8) is 0 Å². The number of aromatic nitrogens is 2. The molecular formula is C23H30F2N4O4. The maximum absolute atomic E-state index is 12.9. The van der Waals surface area contributed by atoms with E-state index in [0.29, 0.717) is 29.7 Å². The number of rotatable bonds is 7. The number of halogens is 2. The SMILES string of the molecule is COc1cc(-c2noc(CN3CCC(C(=O)N4CCCCCC4)CC3)n2)ccc1OC(F)F. The highest BCUT2D eigenvalue weighted by Crippen LogP contribution is 2.32. The Kier molecular flexibility index (Phi) is 7.74. The lowest BCUT2D eigenvalue weighted by molar-refractivity contribution is -0.137. The highest BCUT2D eigenvalue weighted by molar-refractivity contribution is 5.79. The molecule has 180 valence electrons. The third-order valence-corrected chi connectivity index (χ3v) is 6.32. The van der Waals surface area contributed by atoms with Gasteiger partial charge in [0.05, 0.1) is 13.7 Å². The summed E-state index contributed by atoms with van der Waals surface area (Å²) in [7, 11) is 1.38. The fourth-order valence-corrected chi connectivity index (χ4v) is 4.51. The smallest absolute Gasteiger partial charge is 0.387 e. The van der Waals surface area contributed by atoms with E-state index in [1.807, 2.05) is 0 Å². The van der Waals surface area contributed by atoms with Crippen LogP contribution in [0.4, 0.5) is 8.78 Å². The molecule has 2 fully saturated rings. The van der Waals surface area contributed by atoms with Crippen LogP contribution >= 0.6 is 0 Å². The Morgan fingerprint density at radius 2 is 1.85 bits per heavy atom. The van der Waals surface area contributed by atoms with Crippen molar-refractivity contribution in [1.82, 2.24) is 19.9 Å². The Morgan fingerprint density at radius 1 is 1.12 bits per heavy atom. The topological polar surface area (TPSA) is 80.9 Å². The lowest BCUT2D eigenvalue weighted by Gasteiger charge is -2.33. The second kappa shape index (κ2) is 10.9. The molecule has 10 heteroatoms. The first-order valence-electron chi connectivity index (χ1n) is 11.5. The van der Waals surface area contributed by atoms with Crippen molar-refractivity contribution in [1.29, 1.82) is 0 Å². The maximum Gasteiger partial charge on any atom is 0.387 e. The fraction of sp³-hybridized carbons (Fsp3) is 0.609. The van der Waals surface area contributed by atoms with Crippen LogP contribution < -0.4 is 9.47 Å². The number of alkyl halides is 2. The molecule has 0 atom stereocenters. The van der Waals surface area contributed by atoms with Crippen LogP contribution in [0.2, 0.25) is 0 Å². The van der Waals surface area contributed by atoms with Crippen molar-refractivity contribution in [2.45, 2.75) is 51.7 Å². The zero-order valence-electron chi connectivity index (χ0n) is 18.8. The van der Waals surface area contributed by atoms with E-state index < -0.39 is 6.61 Å². The molecule has 1 aromatic carbocycles. The number of hydrogen-bond donors (Lipinski definition) is 0. The second-order valence-electron chi connectivity index (χ2n) is 8.55. The summed E-state index contributed by atoms with van der Waals surface area (Å²) >= 11 is 0. The first-order chi connectivity index (χ1) is 16.0. The van der Waals surface area contributed by atoms with Gasteiger partial charge in [-0.05, 0) is 57.0 Å². The van der Waals surface area contributed by atoms with E-state index in [2.05, 4.69) is 24.7 Å². The molecule has 0 bridgehead atoms. The van der Waals surface area contributed by atoms with Crippen LogP contribution in [0.5, 0.6) is 11.5 Å². The van der Waals surface area contributed by atoms with Gasteiger partial charge in [-0.1, -0.05) is 18.0 Å². The lowest BCUT2D eigenvalue weighted by Crippen LogP contribution is -2.42. The number of carbonyl (C=O) groups excluding carboxylic acids is 1. The molecule has 1 amide bonds. The molecule has 2 aromatic rings. The molecule has 2 aliphatic rings. The number of ether oxygens (including phenoxy) is 2. The molecule has 3 heterocycles. The van der Waals surface area contributed by atoms with Crippen LogP contribution in [0.15, 0.2) is 22.7 Å². The first kappa shape index (κ1) is 23.4. The quantitative estimate of drug-likeness (QED) is 0.614. The van der Waals surface area contributed by atoms with Gasteiger partial charge in [0.25, 0.3) is 0 Å². The van der Waals surface area contributed by atoms with Gasteiger partial charge < -0.3 is 18.9 Å². The number of carbonyl (C=O) groups is 1. The largest absolute Gasteiger partial charge is 0.493 e. The van der Waals surface area contributed by atoms with Gasteiger partial charge in [0, 0.05) is 24.6 Å². The monoisotopic (exact) mass is 464 g/mol. The van der Waals surface area contributed by atoms with Crippen LogP contribution in [-0.2, 0) is 11.3 Å². The molecule has 0 radical (unpaired) electrons. The van der Waals surface area contributed by atoms with Gasteiger partial charge in [0.15, 0.2) is 11.5 Å². The van der Waals surface area contributed by atoms with Crippen molar-refractivity contribution in [3.05, 3.63) is 24.1 Å². The number of methoxy groups -OCH3 is 1. The highest BCUT2D eigenvalue weighted by atomic mass is 19.3. The minimum Gasteiger partial charge on any atom is -0.493 e. The van der Waals surface area contributed by atoms with Crippen molar-refractivity contribution < 1.29 is 27.6 Å². The molecule has 0 spiro atoms. The van der Waals surface area contributed by atoms with Crippen LogP contribution in [0.3, 0.4) is 0 Å². The normalized spacial score (nSPS) is 18.4. The molecule has 2 saturated heterocycles. The molecule has 33 heavy (non-hydrogen) atoms. The van der Waals surface area contributed by atoms with Crippen LogP contribution in [0.1, 0.15) is 44.4 Å². The number of amides is 1. The average molecular weight is 465 g/mol. The fourth-order valence-electron chi connectivity index (χ4n) is 4.51. The zero-order chi connectivity index (χ0) is 23.2. The molecule has 0 aliphatic carbocycles. The highest BCUT2D eigenvalue weighted by Gasteiger charge is 2.29. The third kappa shape index (κ3) is 5.98. The van der Waals surface area contributed by atoms with Gasteiger partial charge in [0.1, 0.15) is 0 Å². The minimum absolute atomic E-state index is 0.0578. The molecule has 1 aromatic heterocycles. The number of hydrogen-bond acceptors (Lipinski definition) is 7. The summed E-state index contributed by atoms with van der Waals surface area (Å²) in [6.07, 6.45) is 6.32. The van der Waals surface area contributed by atoms with Crippen LogP contribution in [0, 0.1) is 5.92 Å². The summed E-state index contributed by atoms with van der Waals surface area (Å²) in [5.74, 6) is 1.32. The van der Waals surface area contributed by atoms with E-state index in [9.17, 15) is 13.6 Å². The number of piperidine rings is 1. The third-order valence-electron chi connectivity index (χ3n) is 6.32. The lowest BCUT2D eigenvalue weighted by atomic mass is 9.95. The Bertz CT molecular complexity index is 923. The van der Waals surface area contributed by atoms with Crippen molar-refractivity contribution in [2.24, 2.45) is 5.92 Å². The first-order valence-corrected chi connectivity index (χ1v) is 11.5. The summed E-state index contributed by atoms with van der Waals surface area (Å²) in [4.78, 5) is 21.6. The molecule has 0 unspecified atom stereocenters. The average Bonchev–Trinajstić information content (AvgIpc) is 3.11. The van der Waals surface area contributed by atoms with Gasteiger partial charge in [-0.15, -0.1) is 0 Å². The molecule has 4 rings (SSSR count). The van der Waals surface area contributed by atoms with Crippen LogP contribution in [0.25, 0.3) is 11.4 Å². The van der Waals surface area contributed by atoms with Crippen LogP contribution in [-0.4, -0.2) is 65.7 Å². The summed E-state index contributed by atoms with van der Waals surface area (Å²) in [6, 6.07) is 4.50. The standard InChI is InChI=1S/C23H30F2N4O4/c1-31-19-14-17(6-7-18(19)32-23(24)25)21-26-20(33-27-21)15-28-12-8-16(9-13-28)22(30)29-10-4-2-3-5-11-29/h6-7,14,16,23H,2-5,8-13,15H2,1H3. The van der Waals surface area contributed by atoms with Gasteiger partial charge >= 0.3 is 6.61 Å². The van der Waals surface area contributed by atoms with E-state index in [4.69, 9.17) is 9.26 Å². The van der Waals surface area contributed by atoms with E-state index in [1.165, 1.54) is 32.1 Å². The molecule has 8 nitrogen and oxygen atoms in total. The summed E-state index contributed by atoms with van der Waals surface area (Å²) in [5, 5.41) is 4.01. The molecule has 0 N–H and O–H groups in total. The second-order valence-corrected chi connectivity index (χ2v) is 8.55. The Hall–Kier alpha value is -2.75. The molecule has 2 aliphatic heterocycles. The number of likely N-dealkylation sites (tertiary alicyclic amines) is 2. The van der Waals surface area contributed by atoms with Gasteiger partial charge in [-0.25, -0.2) is 0 Å². The minimum atomic E-state index is -2.94. The molecule has 0 saturated carbocycles. The maximum atomic E-state index is 12.9. The summed E-state index contributed by atoms with van der Waals surface area (Å²) in [6.45, 7) is 0.949. The Balaban J connectivity index is 1.32. The van der Waals surface area contributed by atoms with E-state index in [1.54, 1.807) is 6.07 Å². The zero-order valence-corrected chi connectivity index (χ0v) is 18.8. The Morgan fingerprint density at radius 3 is 2.52 bits per heavy atom. The summed E-state index contributed by atoms with van der Waals surface area (Å²) < 4.78 is 40.0. The van der Waals surface area contributed by atoms with Crippen molar-refractivity contribution in [3.8, 4) is 22.9 Å². The predicted octanol–water partition coefficient (Wildman–Crippen LogP) is 3.96. The van der Waals surface area contributed by atoms with Crippen molar-refractivity contribution in [2.75, 3.05) is 33.3 Å². The van der Waals surface area contributed by atoms with E-state index in [-0.39, 0.29) is 17.4 Å². The van der Waals surface area contributed by atoms with Crippen molar-refractivity contribution >= 4 is 5.91 Å².